The molecule has 4 aromatic rings. The predicted octanol–water partition coefficient (Wildman–Crippen LogP) is 1.77. The molecule has 0 radical (unpaired) electrons. The Morgan fingerprint density at radius 1 is 1.14 bits per heavy atom. The van der Waals surface area contributed by atoms with Crippen LogP contribution in [0.5, 0.6) is 0 Å². The third-order valence-electron chi connectivity index (χ3n) is 4.58. The van der Waals surface area contributed by atoms with E-state index in [4.69, 9.17) is 4.74 Å². The van der Waals surface area contributed by atoms with Gasteiger partial charge in [0.2, 0.25) is 5.78 Å². The molecule has 0 spiro atoms. The molecule has 0 aliphatic rings. The lowest BCUT2D eigenvalue weighted by atomic mass is 10.2. The maximum absolute atomic E-state index is 13.0. The topological polar surface area (TPSA) is 105 Å². The molecule has 0 aliphatic carbocycles. The Morgan fingerprint density at radius 3 is 2.83 bits per heavy atom. The highest BCUT2D eigenvalue weighted by Crippen LogP contribution is 2.24. The third kappa shape index (κ3) is 3.75. The van der Waals surface area contributed by atoms with E-state index in [0.29, 0.717) is 41.6 Å². The summed E-state index contributed by atoms with van der Waals surface area (Å²) < 4.78 is 10.5. The molecule has 4 rings (SSSR count). The highest BCUT2D eigenvalue weighted by molar-refractivity contribution is 7.98. The standard InChI is InChI=1S/C18H22N8O2S/c1-3-9-25-15(19-22-23-25)12-29-18-21-20-17-24(10-6-11-28-2)16(27)13-7-4-5-8-14(13)26(17)18/h4-5,7-8H,3,6,9-12H2,1-2H3. The van der Waals surface area contributed by atoms with Crippen molar-refractivity contribution in [3.63, 3.8) is 0 Å². The molecule has 29 heavy (non-hydrogen) atoms. The van der Waals surface area contributed by atoms with Gasteiger partial charge in [-0.1, -0.05) is 30.8 Å². The van der Waals surface area contributed by atoms with Gasteiger partial charge in [0.25, 0.3) is 5.56 Å². The van der Waals surface area contributed by atoms with E-state index in [2.05, 4.69) is 32.6 Å². The number of rotatable bonds is 9. The van der Waals surface area contributed by atoms with Crippen molar-refractivity contribution in [2.75, 3.05) is 13.7 Å². The Kier molecular flexibility index (Phi) is 5.86. The van der Waals surface area contributed by atoms with Gasteiger partial charge >= 0.3 is 0 Å². The number of para-hydroxylation sites is 1. The number of aryl methyl sites for hydroxylation is 2. The molecule has 10 nitrogen and oxygen atoms in total. The van der Waals surface area contributed by atoms with Crippen molar-refractivity contribution >= 4 is 28.4 Å². The first-order chi connectivity index (χ1) is 14.2. The van der Waals surface area contributed by atoms with E-state index in [9.17, 15) is 4.79 Å². The minimum Gasteiger partial charge on any atom is -0.385 e. The second kappa shape index (κ2) is 8.70. The molecule has 0 atom stereocenters. The van der Waals surface area contributed by atoms with E-state index in [1.54, 1.807) is 16.4 Å². The van der Waals surface area contributed by atoms with Crippen LogP contribution in [0.15, 0.2) is 34.2 Å². The Hall–Kier alpha value is -2.79. The Balaban J connectivity index is 1.75. The van der Waals surface area contributed by atoms with Crippen molar-refractivity contribution in [1.29, 1.82) is 0 Å². The summed E-state index contributed by atoms with van der Waals surface area (Å²) >= 11 is 1.50. The van der Waals surface area contributed by atoms with Gasteiger partial charge in [0.15, 0.2) is 11.0 Å². The second-order valence-electron chi connectivity index (χ2n) is 6.55. The lowest BCUT2D eigenvalue weighted by molar-refractivity contribution is 0.190. The van der Waals surface area contributed by atoms with Crippen LogP contribution in [-0.4, -0.2) is 53.1 Å². The number of thioether (sulfide) groups is 1. The van der Waals surface area contributed by atoms with E-state index in [1.165, 1.54) is 11.8 Å². The number of tetrazole rings is 1. The number of methoxy groups -OCH3 is 1. The van der Waals surface area contributed by atoms with Gasteiger partial charge in [0, 0.05) is 26.8 Å². The van der Waals surface area contributed by atoms with E-state index >= 15 is 0 Å². The van der Waals surface area contributed by atoms with Gasteiger partial charge < -0.3 is 4.74 Å². The first-order valence-electron chi connectivity index (χ1n) is 9.48. The second-order valence-corrected chi connectivity index (χ2v) is 7.49. The van der Waals surface area contributed by atoms with Gasteiger partial charge in [-0.2, -0.15) is 0 Å². The van der Waals surface area contributed by atoms with Crippen molar-refractivity contribution in [2.24, 2.45) is 0 Å². The molecule has 3 heterocycles. The van der Waals surface area contributed by atoms with E-state index in [-0.39, 0.29) is 5.56 Å². The number of ether oxygens (including phenoxy) is 1. The van der Waals surface area contributed by atoms with E-state index in [1.807, 2.05) is 28.7 Å². The lowest BCUT2D eigenvalue weighted by Gasteiger charge is -2.11. The van der Waals surface area contributed by atoms with Crippen molar-refractivity contribution in [2.45, 2.75) is 43.8 Å². The first kappa shape index (κ1) is 19.5. The van der Waals surface area contributed by atoms with Crippen LogP contribution in [0.25, 0.3) is 16.7 Å². The molecule has 11 heteroatoms. The zero-order valence-corrected chi connectivity index (χ0v) is 17.2. The van der Waals surface area contributed by atoms with Gasteiger partial charge in [0.1, 0.15) is 0 Å². The molecule has 1 aromatic carbocycles. The largest absolute Gasteiger partial charge is 0.385 e. The van der Waals surface area contributed by atoms with Crippen LogP contribution in [0.2, 0.25) is 0 Å². The summed E-state index contributed by atoms with van der Waals surface area (Å²) in [4.78, 5) is 13.0. The molecule has 0 bridgehead atoms. The van der Waals surface area contributed by atoms with E-state index in [0.717, 1.165) is 24.3 Å². The summed E-state index contributed by atoms with van der Waals surface area (Å²) in [6.07, 6.45) is 1.67. The van der Waals surface area contributed by atoms with Crippen LogP contribution in [0.4, 0.5) is 0 Å². The first-order valence-corrected chi connectivity index (χ1v) is 10.5. The molecule has 152 valence electrons. The minimum atomic E-state index is -0.0694. The van der Waals surface area contributed by atoms with Gasteiger partial charge in [-0.05, 0) is 35.4 Å². The van der Waals surface area contributed by atoms with Crippen LogP contribution in [0, 0.1) is 0 Å². The predicted molar refractivity (Wildman–Crippen MR) is 109 cm³/mol. The van der Waals surface area contributed by atoms with Gasteiger partial charge in [-0.25, -0.2) is 4.68 Å². The number of aromatic nitrogens is 8. The number of nitrogens with zero attached hydrogens (tertiary/aromatic N) is 8. The Labute approximate surface area is 170 Å². The summed E-state index contributed by atoms with van der Waals surface area (Å²) in [5.74, 6) is 1.87. The number of benzene rings is 1. The molecule has 0 saturated heterocycles. The molecule has 0 N–H and O–H groups in total. The molecule has 0 unspecified atom stereocenters. The van der Waals surface area contributed by atoms with Gasteiger partial charge in [0.05, 0.1) is 16.7 Å². The number of fused-ring (bicyclic) bond motifs is 3. The average Bonchev–Trinajstić information content (AvgIpc) is 3.36. The molecule has 0 fully saturated rings. The molecule has 0 aliphatic heterocycles. The minimum absolute atomic E-state index is 0.0694. The van der Waals surface area contributed by atoms with Crippen molar-refractivity contribution in [1.82, 2.24) is 39.4 Å². The molecule has 0 saturated carbocycles. The molecular weight excluding hydrogens is 392 g/mol. The monoisotopic (exact) mass is 414 g/mol. The SMILES string of the molecule is CCCn1nnnc1CSc1nnc2n(CCCOC)c(=O)c3ccccc3n12. The summed E-state index contributed by atoms with van der Waals surface area (Å²) in [6, 6.07) is 7.52. The zero-order valence-electron chi connectivity index (χ0n) is 16.4. The zero-order chi connectivity index (χ0) is 20.2. The number of hydrogen-bond acceptors (Lipinski definition) is 8. The smallest absolute Gasteiger partial charge is 0.262 e. The van der Waals surface area contributed by atoms with Gasteiger partial charge in [-0.15, -0.1) is 15.3 Å². The maximum atomic E-state index is 13.0. The third-order valence-corrected chi connectivity index (χ3v) is 5.51. The fourth-order valence-electron chi connectivity index (χ4n) is 3.24. The van der Waals surface area contributed by atoms with Crippen LogP contribution in [0.1, 0.15) is 25.6 Å². The quantitative estimate of drug-likeness (QED) is 0.301. The Morgan fingerprint density at radius 2 is 2.00 bits per heavy atom. The van der Waals surface area contributed by atoms with E-state index < -0.39 is 0 Å². The van der Waals surface area contributed by atoms with Crippen LogP contribution in [0.3, 0.4) is 0 Å². The summed E-state index contributed by atoms with van der Waals surface area (Å²) in [7, 11) is 1.65. The van der Waals surface area contributed by atoms with Gasteiger partial charge in [-0.3, -0.25) is 13.8 Å². The molecule has 0 amide bonds. The van der Waals surface area contributed by atoms with Crippen molar-refractivity contribution < 1.29 is 4.74 Å². The fourth-order valence-corrected chi connectivity index (χ4v) is 4.11. The summed E-state index contributed by atoms with van der Waals surface area (Å²) in [5, 5.41) is 21.9. The fraction of sp³-hybridized carbons (Fsp3) is 0.444. The number of hydrogen-bond donors (Lipinski definition) is 0. The van der Waals surface area contributed by atoms with Crippen molar-refractivity contribution in [3.05, 3.63) is 40.4 Å². The van der Waals surface area contributed by atoms with Crippen molar-refractivity contribution in [3.8, 4) is 0 Å². The summed E-state index contributed by atoms with van der Waals surface area (Å²) in [6.45, 7) is 3.94. The highest BCUT2D eigenvalue weighted by atomic mass is 32.2. The summed E-state index contributed by atoms with van der Waals surface area (Å²) in [5.41, 5.74) is 0.719. The normalized spacial score (nSPS) is 11.7. The Bertz CT molecular complexity index is 1180. The van der Waals surface area contributed by atoms with Crippen LogP contribution in [-0.2, 0) is 23.6 Å². The lowest BCUT2D eigenvalue weighted by Crippen LogP contribution is -2.24. The van der Waals surface area contributed by atoms with Crippen LogP contribution >= 0.6 is 11.8 Å². The molecular formula is C18H22N8O2S. The molecule has 3 aromatic heterocycles. The highest BCUT2D eigenvalue weighted by Gasteiger charge is 2.17. The maximum Gasteiger partial charge on any atom is 0.262 e. The van der Waals surface area contributed by atoms with Crippen LogP contribution < -0.4 is 5.56 Å². The average molecular weight is 414 g/mol.